The van der Waals surface area contributed by atoms with Gasteiger partial charge in [0.15, 0.2) is 11.5 Å². The first-order valence-electron chi connectivity index (χ1n) is 10.5. The van der Waals surface area contributed by atoms with Gasteiger partial charge in [-0.1, -0.05) is 23.7 Å². The van der Waals surface area contributed by atoms with Gasteiger partial charge in [0, 0.05) is 31.3 Å². The summed E-state index contributed by atoms with van der Waals surface area (Å²) in [5, 5.41) is 5.82. The van der Waals surface area contributed by atoms with Gasteiger partial charge in [-0.05, 0) is 24.4 Å². The van der Waals surface area contributed by atoms with Crippen LogP contribution in [0.1, 0.15) is 30.8 Å². The Balaban J connectivity index is 1.45. The summed E-state index contributed by atoms with van der Waals surface area (Å²) >= 11 is 6.50. The molecule has 0 amide bonds. The van der Waals surface area contributed by atoms with E-state index in [1.807, 2.05) is 31.2 Å². The third kappa shape index (κ3) is 4.10. The summed E-state index contributed by atoms with van der Waals surface area (Å²) < 4.78 is 27.2. The van der Waals surface area contributed by atoms with Crippen LogP contribution < -0.4 is 5.32 Å². The van der Waals surface area contributed by atoms with Crippen LogP contribution in [0.3, 0.4) is 0 Å². The van der Waals surface area contributed by atoms with Crippen molar-refractivity contribution in [3.05, 3.63) is 53.3 Å². The number of hydrogen-bond donors (Lipinski definition) is 2. The minimum atomic E-state index is -2.61. The largest absolute Gasteiger partial charge is 0.360 e. The average Bonchev–Trinajstić information content (AvgIpc) is 3.38. The Morgan fingerprint density at radius 2 is 2.16 bits per heavy atom. The molecule has 0 bridgehead atoms. The van der Waals surface area contributed by atoms with Crippen molar-refractivity contribution in [3.63, 3.8) is 0 Å². The molecule has 3 aromatic heterocycles. The molecule has 1 aromatic carbocycles. The lowest BCUT2D eigenvalue weighted by molar-refractivity contribution is 0.0123. The molecule has 5 rings (SSSR count). The Labute approximate surface area is 188 Å². The first-order valence-corrected chi connectivity index (χ1v) is 10.9. The molecule has 1 aliphatic rings. The quantitative estimate of drug-likeness (QED) is 0.440. The van der Waals surface area contributed by atoms with Crippen LogP contribution in [0, 0.1) is 0 Å². The number of imidazole rings is 1. The van der Waals surface area contributed by atoms with E-state index in [1.54, 1.807) is 11.2 Å². The number of alkyl halides is 2. The van der Waals surface area contributed by atoms with Crippen LogP contribution in [-0.4, -0.2) is 55.4 Å². The Hall–Kier alpha value is -2.91. The normalized spacial score (nSPS) is 17.2. The van der Waals surface area contributed by atoms with Crippen LogP contribution >= 0.6 is 11.6 Å². The number of anilines is 1. The van der Waals surface area contributed by atoms with Gasteiger partial charge < -0.3 is 10.3 Å². The maximum atomic E-state index is 13.6. The van der Waals surface area contributed by atoms with Crippen LogP contribution in [-0.2, 0) is 6.42 Å². The van der Waals surface area contributed by atoms with Gasteiger partial charge >= 0.3 is 0 Å². The summed E-state index contributed by atoms with van der Waals surface area (Å²) in [6, 6.07) is 7.54. The molecule has 0 aliphatic carbocycles. The predicted octanol–water partition coefficient (Wildman–Crippen LogP) is 4.61. The zero-order valence-electron chi connectivity index (χ0n) is 17.4. The molecule has 7 nitrogen and oxygen atoms in total. The molecule has 1 saturated heterocycles. The van der Waals surface area contributed by atoms with Crippen molar-refractivity contribution >= 4 is 39.4 Å². The van der Waals surface area contributed by atoms with Crippen molar-refractivity contribution in [2.45, 2.75) is 31.7 Å². The Morgan fingerprint density at radius 1 is 1.28 bits per heavy atom. The minimum absolute atomic E-state index is 0.0933. The second kappa shape index (κ2) is 8.22. The molecule has 32 heavy (non-hydrogen) atoms. The molecule has 1 unspecified atom stereocenters. The van der Waals surface area contributed by atoms with Gasteiger partial charge in [0.05, 0.1) is 35.3 Å². The smallest absolute Gasteiger partial charge is 0.261 e. The number of hydrogen-bond acceptors (Lipinski definition) is 6. The van der Waals surface area contributed by atoms with E-state index < -0.39 is 5.92 Å². The summed E-state index contributed by atoms with van der Waals surface area (Å²) in [7, 11) is 0. The molecule has 10 heteroatoms. The number of likely N-dealkylation sites (tertiary alicyclic amines) is 1. The van der Waals surface area contributed by atoms with Crippen molar-refractivity contribution in [2.75, 3.05) is 25.0 Å². The lowest BCUT2D eigenvalue weighted by Gasteiger charge is -2.19. The van der Waals surface area contributed by atoms with Crippen molar-refractivity contribution in [1.82, 2.24) is 29.8 Å². The summed E-state index contributed by atoms with van der Waals surface area (Å²) in [6.45, 7) is 2.69. The maximum Gasteiger partial charge on any atom is 0.261 e. The number of pyridine rings is 1. The van der Waals surface area contributed by atoms with Gasteiger partial charge in [0.1, 0.15) is 11.8 Å². The van der Waals surface area contributed by atoms with Crippen LogP contribution in [0.4, 0.5) is 14.6 Å². The summed E-state index contributed by atoms with van der Waals surface area (Å²) in [5.41, 5.74) is 2.92. The lowest BCUT2D eigenvalue weighted by Crippen LogP contribution is -2.27. The lowest BCUT2D eigenvalue weighted by atomic mass is 10.0. The van der Waals surface area contributed by atoms with Gasteiger partial charge in [-0.2, -0.15) is 0 Å². The van der Waals surface area contributed by atoms with Gasteiger partial charge in [-0.25, -0.2) is 23.7 Å². The number of nitrogens with one attached hydrogen (secondary N) is 2. The Kier molecular flexibility index (Phi) is 5.38. The molecule has 4 heterocycles. The van der Waals surface area contributed by atoms with Crippen molar-refractivity contribution in [3.8, 4) is 0 Å². The summed E-state index contributed by atoms with van der Waals surface area (Å²) in [5.74, 6) is -1.97. The first-order chi connectivity index (χ1) is 15.4. The van der Waals surface area contributed by atoms with E-state index in [0.717, 1.165) is 27.7 Å². The topological polar surface area (TPSA) is 82.6 Å². The van der Waals surface area contributed by atoms with Crippen LogP contribution in [0.5, 0.6) is 0 Å². The number of aromatic amines is 1. The number of nitrogens with zero attached hydrogens (tertiary/aromatic N) is 5. The van der Waals surface area contributed by atoms with Crippen LogP contribution in [0.2, 0.25) is 5.02 Å². The molecular weight excluding hydrogens is 436 g/mol. The van der Waals surface area contributed by atoms with Crippen molar-refractivity contribution in [1.29, 1.82) is 0 Å². The zero-order valence-corrected chi connectivity index (χ0v) is 18.2. The van der Waals surface area contributed by atoms with Crippen LogP contribution in [0.25, 0.3) is 21.9 Å². The fourth-order valence-corrected chi connectivity index (χ4v) is 4.48. The number of halogens is 3. The summed E-state index contributed by atoms with van der Waals surface area (Å²) in [4.78, 5) is 22.4. The molecule has 4 aromatic rings. The van der Waals surface area contributed by atoms with Crippen molar-refractivity contribution < 1.29 is 8.78 Å². The summed E-state index contributed by atoms with van der Waals surface area (Å²) in [6.07, 6.45) is 3.48. The first kappa shape index (κ1) is 21.0. The van der Waals surface area contributed by atoms with Crippen LogP contribution in [0.15, 0.2) is 36.9 Å². The van der Waals surface area contributed by atoms with E-state index in [-0.39, 0.29) is 19.0 Å². The molecule has 2 N–H and O–H groups in total. The van der Waals surface area contributed by atoms with E-state index in [4.69, 9.17) is 16.6 Å². The number of benzene rings is 1. The second-order valence-electron chi connectivity index (χ2n) is 8.15. The van der Waals surface area contributed by atoms with E-state index in [1.165, 1.54) is 6.33 Å². The Bertz CT molecular complexity index is 1280. The number of H-pyrrole nitrogens is 1. The van der Waals surface area contributed by atoms with E-state index in [0.29, 0.717) is 36.0 Å². The number of fused-ring (bicyclic) bond motifs is 2. The highest BCUT2D eigenvalue weighted by Gasteiger charge is 2.37. The molecule has 0 spiro atoms. The third-order valence-corrected chi connectivity index (χ3v) is 6.15. The highest BCUT2D eigenvalue weighted by atomic mass is 35.5. The minimum Gasteiger partial charge on any atom is -0.360 e. The van der Waals surface area contributed by atoms with E-state index >= 15 is 0 Å². The molecule has 1 atom stereocenters. The zero-order chi connectivity index (χ0) is 22.3. The predicted molar refractivity (Wildman–Crippen MR) is 120 cm³/mol. The fraction of sp³-hybridized carbons (Fsp3) is 0.364. The van der Waals surface area contributed by atoms with Crippen molar-refractivity contribution in [2.24, 2.45) is 0 Å². The van der Waals surface area contributed by atoms with Gasteiger partial charge in [0.2, 0.25) is 0 Å². The van der Waals surface area contributed by atoms with Gasteiger partial charge in [-0.15, -0.1) is 0 Å². The number of aromatic nitrogens is 5. The van der Waals surface area contributed by atoms with E-state index in [9.17, 15) is 8.78 Å². The van der Waals surface area contributed by atoms with Gasteiger partial charge in [0.25, 0.3) is 5.92 Å². The standard InChI is InChI=1S/C22H22ClF2N7/c1-13(30-21-19-20(27-11-26-19)28-12-29-21)17-9-14-3-2-4-15(23)18(14)16(31-17)5-7-32-8-6-22(24,25)10-32/h2-4,9,11-13H,5-8,10H2,1H3,(H2,26,27,28,29,30). The molecule has 0 saturated carbocycles. The SMILES string of the molecule is CC(Nc1ncnc2nc[nH]c12)c1cc2cccc(Cl)c2c(CCN2CCC(F)(F)C2)n1. The highest BCUT2D eigenvalue weighted by Crippen LogP contribution is 2.31. The van der Waals surface area contributed by atoms with Gasteiger partial charge in [-0.3, -0.25) is 9.88 Å². The molecular formula is C22H22ClF2N7. The molecule has 1 aliphatic heterocycles. The van der Waals surface area contributed by atoms with E-state index in [2.05, 4.69) is 25.3 Å². The molecule has 166 valence electrons. The second-order valence-corrected chi connectivity index (χ2v) is 8.56. The molecule has 1 fully saturated rings. The highest BCUT2D eigenvalue weighted by molar-refractivity contribution is 6.35. The average molecular weight is 458 g/mol. The number of rotatable bonds is 6. The monoisotopic (exact) mass is 457 g/mol. The third-order valence-electron chi connectivity index (χ3n) is 5.84. The molecule has 0 radical (unpaired) electrons. The Morgan fingerprint density at radius 3 is 2.97 bits per heavy atom. The maximum absolute atomic E-state index is 13.6. The fourth-order valence-electron chi connectivity index (χ4n) is 4.19.